The lowest BCUT2D eigenvalue weighted by molar-refractivity contribution is -0.132. The minimum absolute atomic E-state index is 0.298. The predicted octanol–water partition coefficient (Wildman–Crippen LogP) is 0.0539. The highest BCUT2D eigenvalue weighted by atomic mass is 16.5. The number of carbonyl (C=O) groups excluding carboxylic acids is 1. The van der Waals surface area contributed by atoms with Crippen LogP contribution in [0.1, 0.15) is 6.42 Å². The molecule has 0 bridgehead atoms. The Kier molecular flexibility index (Phi) is 8.86. The molecule has 0 spiro atoms. The second-order valence-corrected chi connectivity index (χ2v) is 4.15. The van der Waals surface area contributed by atoms with E-state index in [0.717, 1.165) is 25.1 Å². The number of carboxylic acid groups (broad SMARTS) is 1. The first-order chi connectivity index (χ1) is 8.47. The monoisotopic (exact) mass is 258 g/mol. The van der Waals surface area contributed by atoms with E-state index in [1.807, 2.05) is 19.0 Å². The Morgan fingerprint density at radius 2 is 1.83 bits per heavy atom. The minimum atomic E-state index is -1.12. The van der Waals surface area contributed by atoms with Crippen LogP contribution in [-0.4, -0.2) is 74.2 Å². The molecule has 0 aromatic heterocycles. The maximum absolute atomic E-state index is 11.7. The van der Waals surface area contributed by atoms with Crippen molar-refractivity contribution in [2.24, 2.45) is 0 Å². The number of carboxylic acids is 1. The van der Waals surface area contributed by atoms with Gasteiger partial charge in [0.05, 0.1) is 6.61 Å². The molecule has 0 fully saturated rings. The largest absolute Gasteiger partial charge is 0.478 e. The van der Waals surface area contributed by atoms with E-state index in [9.17, 15) is 9.59 Å². The van der Waals surface area contributed by atoms with Gasteiger partial charge in [-0.25, -0.2) is 4.79 Å². The normalized spacial score (nSPS) is 11.1. The third-order valence-electron chi connectivity index (χ3n) is 2.28. The zero-order valence-electron chi connectivity index (χ0n) is 11.3. The summed E-state index contributed by atoms with van der Waals surface area (Å²) in [5, 5.41) is 8.48. The number of hydrogen-bond acceptors (Lipinski definition) is 4. The van der Waals surface area contributed by atoms with Crippen molar-refractivity contribution in [1.29, 1.82) is 0 Å². The summed E-state index contributed by atoms with van der Waals surface area (Å²) in [7, 11) is 5.49. The molecule has 0 radical (unpaired) electrons. The van der Waals surface area contributed by atoms with Crippen molar-refractivity contribution >= 4 is 11.9 Å². The van der Waals surface area contributed by atoms with Crippen molar-refractivity contribution in [3.63, 3.8) is 0 Å². The average molecular weight is 258 g/mol. The number of methoxy groups -OCH3 is 1. The molecule has 0 rings (SSSR count). The molecule has 0 aromatic carbocycles. The number of nitrogens with zero attached hydrogens (tertiary/aromatic N) is 2. The van der Waals surface area contributed by atoms with Crippen molar-refractivity contribution in [3.05, 3.63) is 12.2 Å². The van der Waals surface area contributed by atoms with Crippen LogP contribution in [0.25, 0.3) is 0 Å². The summed E-state index contributed by atoms with van der Waals surface area (Å²) in [6.45, 7) is 2.37. The van der Waals surface area contributed by atoms with Crippen molar-refractivity contribution in [1.82, 2.24) is 9.80 Å². The van der Waals surface area contributed by atoms with Crippen LogP contribution in [0.3, 0.4) is 0 Å². The fourth-order valence-electron chi connectivity index (χ4n) is 1.36. The van der Waals surface area contributed by atoms with Crippen LogP contribution in [0.15, 0.2) is 12.2 Å². The Balaban J connectivity index is 4.27. The van der Waals surface area contributed by atoms with E-state index < -0.39 is 5.97 Å². The Hall–Kier alpha value is -1.40. The zero-order chi connectivity index (χ0) is 14.0. The first kappa shape index (κ1) is 16.6. The zero-order valence-corrected chi connectivity index (χ0v) is 11.3. The van der Waals surface area contributed by atoms with Gasteiger partial charge in [0.15, 0.2) is 0 Å². The third kappa shape index (κ3) is 8.72. The van der Waals surface area contributed by atoms with Gasteiger partial charge in [-0.1, -0.05) is 0 Å². The molecule has 18 heavy (non-hydrogen) atoms. The summed E-state index contributed by atoms with van der Waals surface area (Å²) in [4.78, 5) is 25.7. The summed E-state index contributed by atoms with van der Waals surface area (Å²) < 4.78 is 4.93. The number of amides is 1. The number of carbonyl (C=O) groups is 2. The van der Waals surface area contributed by atoms with Gasteiger partial charge >= 0.3 is 5.97 Å². The van der Waals surface area contributed by atoms with Crippen LogP contribution < -0.4 is 0 Å². The summed E-state index contributed by atoms with van der Waals surface area (Å²) in [5.74, 6) is -1.42. The number of aliphatic carboxylic acids is 1. The Labute approximate surface area is 108 Å². The van der Waals surface area contributed by atoms with Crippen LogP contribution in [0.5, 0.6) is 0 Å². The molecular weight excluding hydrogens is 236 g/mol. The van der Waals surface area contributed by atoms with E-state index in [1.165, 1.54) is 0 Å². The van der Waals surface area contributed by atoms with E-state index in [4.69, 9.17) is 9.84 Å². The quantitative estimate of drug-likeness (QED) is 0.592. The molecule has 104 valence electrons. The van der Waals surface area contributed by atoms with Crippen molar-refractivity contribution in [3.8, 4) is 0 Å². The average Bonchev–Trinajstić information content (AvgIpc) is 2.30. The molecule has 1 amide bonds. The van der Waals surface area contributed by atoms with Gasteiger partial charge in [0, 0.05) is 32.4 Å². The lowest BCUT2D eigenvalue weighted by atomic mass is 10.3. The highest BCUT2D eigenvalue weighted by Gasteiger charge is 2.10. The number of hydrogen-bond donors (Lipinski definition) is 1. The van der Waals surface area contributed by atoms with Crippen LogP contribution >= 0.6 is 0 Å². The Morgan fingerprint density at radius 3 is 2.33 bits per heavy atom. The van der Waals surface area contributed by atoms with Crippen LogP contribution in [0, 0.1) is 0 Å². The molecule has 0 heterocycles. The smallest absolute Gasteiger partial charge is 0.328 e. The topological polar surface area (TPSA) is 70.1 Å². The molecule has 0 aliphatic carbocycles. The maximum atomic E-state index is 11.7. The second-order valence-electron chi connectivity index (χ2n) is 4.15. The van der Waals surface area contributed by atoms with Crippen LogP contribution in [0.4, 0.5) is 0 Å². The van der Waals surface area contributed by atoms with Gasteiger partial charge in [-0.05, 0) is 27.1 Å². The molecule has 0 atom stereocenters. The summed E-state index contributed by atoms with van der Waals surface area (Å²) in [6, 6.07) is 0. The van der Waals surface area contributed by atoms with Gasteiger partial charge in [-0.15, -0.1) is 0 Å². The highest BCUT2D eigenvalue weighted by molar-refractivity contribution is 5.93. The lowest BCUT2D eigenvalue weighted by Crippen LogP contribution is -2.34. The molecule has 0 aliphatic rings. The van der Waals surface area contributed by atoms with Gasteiger partial charge in [0.1, 0.15) is 0 Å². The van der Waals surface area contributed by atoms with Crippen molar-refractivity contribution in [2.45, 2.75) is 6.42 Å². The van der Waals surface area contributed by atoms with Crippen LogP contribution in [-0.2, 0) is 14.3 Å². The Bertz CT molecular complexity index is 290. The molecule has 6 nitrogen and oxygen atoms in total. The molecule has 1 N–H and O–H groups in total. The fraction of sp³-hybridized carbons (Fsp3) is 0.667. The van der Waals surface area contributed by atoms with Crippen LogP contribution in [0.2, 0.25) is 0 Å². The van der Waals surface area contributed by atoms with Gasteiger partial charge in [-0.3, -0.25) is 4.79 Å². The maximum Gasteiger partial charge on any atom is 0.328 e. The van der Waals surface area contributed by atoms with E-state index in [1.54, 1.807) is 12.0 Å². The van der Waals surface area contributed by atoms with E-state index in [2.05, 4.69) is 0 Å². The molecule has 0 saturated heterocycles. The molecule has 0 aromatic rings. The molecule has 0 unspecified atom stereocenters. The highest BCUT2D eigenvalue weighted by Crippen LogP contribution is 1.96. The SMILES string of the molecule is COCCN(CCCN(C)C)C(=O)/C=C/C(=O)O. The first-order valence-electron chi connectivity index (χ1n) is 5.81. The fourth-order valence-corrected chi connectivity index (χ4v) is 1.36. The van der Waals surface area contributed by atoms with Gasteiger partial charge in [0.2, 0.25) is 5.91 Å². The molecular formula is C12H22N2O4. The van der Waals surface area contributed by atoms with E-state index >= 15 is 0 Å². The summed E-state index contributed by atoms with van der Waals surface area (Å²) in [5.41, 5.74) is 0. The minimum Gasteiger partial charge on any atom is -0.478 e. The summed E-state index contributed by atoms with van der Waals surface area (Å²) in [6.07, 6.45) is 2.77. The first-order valence-corrected chi connectivity index (χ1v) is 5.81. The standard InChI is InChI=1S/C12H22N2O4/c1-13(2)7-4-8-14(9-10-18-3)11(15)5-6-12(16)17/h5-6H,4,7-10H2,1-3H3,(H,16,17)/b6-5+. The third-order valence-corrected chi connectivity index (χ3v) is 2.28. The predicted molar refractivity (Wildman–Crippen MR) is 68.4 cm³/mol. The molecule has 0 aliphatic heterocycles. The second kappa shape index (κ2) is 9.61. The van der Waals surface area contributed by atoms with Gasteiger partial charge in [-0.2, -0.15) is 0 Å². The van der Waals surface area contributed by atoms with Gasteiger partial charge in [0.25, 0.3) is 0 Å². The lowest BCUT2D eigenvalue weighted by Gasteiger charge is -2.21. The molecule has 0 saturated carbocycles. The number of rotatable bonds is 9. The number of ether oxygens (including phenoxy) is 1. The van der Waals surface area contributed by atoms with Crippen molar-refractivity contribution < 1.29 is 19.4 Å². The summed E-state index contributed by atoms with van der Waals surface area (Å²) >= 11 is 0. The Morgan fingerprint density at radius 1 is 1.17 bits per heavy atom. The van der Waals surface area contributed by atoms with Gasteiger partial charge < -0.3 is 19.6 Å². The van der Waals surface area contributed by atoms with Crippen molar-refractivity contribution in [2.75, 3.05) is 47.4 Å². The molecule has 6 heteroatoms. The van der Waals surface area contributed by atoms with E-state index in [0.29, 0.717) is 19.7 Å². The van der Waals surface area contributed by atoms with E-state index in [-0.39, 0.29) is 5.91 Å².